The lowest BCUT2D eigenvalue weighted by atomic mass is 10.3. The highest BCUT2D eigenvalue weighted by molar-refractivity contribution is 5.32. The Morgan fingerprint density at radius 1 is 1.37 bits per heavy atom. The van der Waals surface area contributed by atoms with Crippen molar-refractivity contribution in [2.24, 2.45) is 12.8 Å². The summed E-state index contributed by atoms with van der Waals surface area (Å²) in [6.45, 7) is 2.33. The Morgan fingerprint density at radius 2 is 2.11 bits per heavy atom. The van der Waals surface area contributed by atoms with Gasteiger partial charge in [0.15, 0.2) is 0 Å². The minimum absolute atomic E-state index is 0.0388. The molecule has 0 aliphatic rings. The fourth-order valence-corrected chi connectivity index (χ4v) is 1.86. The normalized spacial score (nSPS) is 12.2. The van der Waals surface area contributed by atoms with Gasteiger partial charge in [-0.15, -0.1) is 0 Å². The van der Waals surface area contributed by atoms with Gasteiger partial charge in [0.05, 0.1) is 19.0 Å². The molecule has 0 spiro atoms. The van der Waals surface area contributed by atoms with Crippen LogP contribution in [0.5, 0.6) is 11.5 Å². The van der Waals surface area contributed by atoms with Gasteiger partial charge in [-0.25, -0.2) is 4.98 Å². The molecule has 1 unspecified atom stereocenters. The van der Waals surface area contributed by atoms with E-state index < -0.39 is 0 Å². The predicted molar refractivity (Wildman–Crippen MR) is 73.1 cm³/mol. The van der Waals surface area contributed by atoms with Crippen LogP contribution in [0, 0.1) is 0 Å². The molecular weight excluding hydrogens is 242 g/mol. The number of methoxy groups -OCH3 is 1. The van der Waals surface area contributed by atoms with Gasteiger partial charge in [-0.2, -0.15) is 0 Å². The molecule has 0 aliphatic carbocycles. The van der Waals surface area contributed by atoms with Crippen LogP contribution in [0.25, 0.3) is 0 Å². The van der Waals surface area contributed by atoms with E-state index in [2.05, 4.69) is 4.98 Å². The Kier molecular flexibility index (Phi) is 4.06. The molecule has 1 heterocycles. The van der Waals surface area contributed by atoms with Crippen molar-refractivity contribution in [1.82, 2.24) is 9.55 Å². The monoisotopic (exact) mass is 261 g/mol. The molecule has 0 bridgehead atoms. The fourth-order valence-electron chi connectivity index (χ4n) is 1.86. The molecule has 5 heteroatoms. The number of benzene rings is 1. The van der Waals surface area contributed by atoms with Crippen molar-refractivity contribution in [1.29, 1.82) is 0 Å². The summed E-state index contributed by atoms with van der Waals surface area (Å²) < 4.78 is 12.8. The van der Waals surface area contributed by atoms with Crippen LogP contribution in [0.1, 0.15) is 24.5 Å². The third-order valence-corrected chi connectivity index (χ3v) is 3.00. The Morgan fingerprint density at radius 3 is 2.74 bits per heavy atom. The van der Waals surface area contributed by atoms with E-state index in [0.717, 1.165) is 23.0 Å². The largest absolute Gasteiger partial charge is 0.497 e. The van der Waals surface area contributed by atoms with Crippen LogP contribution < -0.4 is 15.2 Å². The summed E-state index contributed by atoms with van der Waals surface area (Å²) in [6.07, 6.45) is 1.79. The van der Waals surface area contributed by atoms with E-state index in [1.165, 1.54) is 0 Å². The number of hydrogen-bond donors (Lipinski definition) is 1. The second-order valence-electron chi connectivity index (χ2n) is 4.41. The summed E-state index contributed by atoms with van der Waals surface area (Å²) in [5, 5.41) is 0. The molecule has 0 radical (unpaired) electrons. The van der Waals surface area contributed by atoms with E-state index in [9.17, 15) is 0 Å². The summed E-state index contributed by atoms with van der Waals surface area (Å²) in [6, 6.07) is 7.46. The average Bonchev–Trinajstić information content (AvgIpc) is 2.78. The molecule has 0 amide bonds. The Labute approximate surface area is 113 Å². The third kappa shape index (κ3) is 3.06. The van der Waals surface area contributed by atoms with Gasteiger partial charge in [0.25, 0.3) is 0 Å². The van der Waals surface area contributed by atoms with Gasteiger partial charge in [0, 0.05) is 19.2 Å². The van der Waals surface area contributed by atoms with E-state index >= 15 is 0 Å². The maximum absolute atomic E-state index is 5.85. The van der Waals surface area contributed by atoms with Crippen molar-refractivity contribution in [3.8, 4) is 11.5 Å². The smallest absolute Gasteiger partial charge is 0.146 e. The molecule has 2 N–H and O–H groups in total. The highest BCUT2D eigenvalue weighted by Crippen LogP contribution is 2.20. The average molecular weight is 261 g/mol. The van der Waals surface area contributed by atoms with Crippen molar-refractivity contribution in [3.05, 3.63) is 42.0 Å². The van der Waals surface area contributed by atoms with Crippen molar-refractivity contribution in [3.63, 3.8) is 0 Å². The zero-order valence-electron chi connectivity index (χ0n) is 11.5. The number of aromatic nitrogens is 2. The number of hydrogen-bond acceptors (Lipinski definition) is 4. The van der Waals surface area contributed by atoms with Gasteiger partial charge >= 0.3 is 0 Å². The van der Waals surface area contributed by atoms with Crippen molar-refractivity contribution >= 4 is 0 Å². The molecule has 0 saturated carbocycles. The standard InChI is InChI=1S/C14H19N3O2/c1-10(15)13-8-16-14(17(13)2)9-19-12-6-4-5-11(7-12)18-3/h4-8,10H,9,15H2,1-3H3. The molecule has 2 aromatic rings. The van der Waals surface area contributed by atoms with Gasteiger partial charge in [0.2, 0.25) is 0 Å². The number of nitrogens with zero attached hydrogens (tertiary/aromatic N) is 2. The molecule has 0 fully saturated rings. The first-order valence-electron chi connectivity index (χ1n) is 6.14. The lowest BCUT2D eigenvalue weighted by Crippen LogP contribution is -2.12. The van der Waals surface area contributed by atoms with Crippen molar-refractivity contribution in [2.75, 3.05) is 7.11 Å². The SMILES string of the molecule is COc1cccc(OCc2ncc(C(C)N)n2C)c1. The van der Waals surface area contributed by atoms with E-state index in [1.54, 1.807) is 13.3 Å². The molecule has 5 nitrogen and oxygen atoms in total. The summed E-state index contributed by atoms with van der Waals surface area (Å²) in [5.74, 6) is 2.37. The topological polar surface area (TPSA) is 62.3 Å². The van der Waals surface area contributed by atoms with Crippen LogP contribution in [0.3, 0.4) is 0 Å². The second-order valence-corrected chi connectivity index (χ2v) is 4.41. The number of imidazole rings is 1. The molecule has 0 saturated heterocycles. The Bertz CT molecular complexity index is 549. The fraction of sp³-hybridized carbons (Fsp3) is 0.357. The van der Waals surface area contributed by atoms with Crippen molar-refractivity contribution in [2.45, 2.75) is 19.6 Å². The summed E-state index contributed by atoms with van der Waals surface area (Å²) in [7, 11) is 3.57. The van der Waals surface area contributed by atoms with Gasteiger partial charge < -0.3 is 19.8 Å². The summed E-state index contributed by atoms with van der Waals surface area (Å²) in [5.41, 5.74) is 6.84. The minimum Gasteiger partial charge on any atom is -0.497 e. The quantitative estimate of drug-likeness (QED) is 0.894. The maximum atomic E-state index is 5.85. The minimum atomic E-state index is -0.0388. The third-order valence-electron chi connectivity index (χ3n) is 3.00. The van der Waals surface area contributed by atoms with Crippen LogP contribution >= 0.6 is 0 Å². The molecule has 0 aliphatic heterocycles. The number of nitrogens with two attached hydrogens (primary N) is 1. The van der Waals surface area contributed by atoms with Crippen LogP contribution in [0.4, 0.5) is 0 Å². The van der Waals surface area contributed by atoms with Crippen molar-refractivity contribution < 1.29 is 9.47 Å². The number of ether oxygens (including phenoxy) is 2. The zero-order valence-corrected chi connectivity index (χ0v) is 11.5. The summed E-state index contributed by atoms with van der Waals surface area (Å²) in [4.78, 5) is 4.32. The zero-order chi connectivity index (χ0) is 13.8. The van der Waals surface area contributed by atoms with Crippen LogP contribution in [-0.2, 0) is 13.7 Å². The predicted octanol–water partition coefficient (Wildman–Crippen LogP) is 2.03. The van der Waals surface area contributed by atoms with Gasteiger partial charge in [-0.1, -0.05) is 6.07 Å². The van der Waals surface area contributed by atoms with Crippen LogP contribution in [-0.4, -0.2) is 16.7 Å². The first-order valence-corrected chi connectivity index (χ1v) is 6.14. The highest BCUT2D eigenvalue weighted by atomic mass is 16.5. The lowest BCUT2D eigenvalue weighted by Gasteiger charge is -2.10. The molecule has 102 valence electrons. The van der Waals surface area contributed by atoms with Crippen LogP contribution in [0.15, 0.2) is 30.5 Å². The molecular formula is C14H19N3O2. The van der Waals surface area contributed by atoms with Gasteiger partial charge in [-0.05, 0) is 19.1 Å². The first-order chi connectivity index (χ1) is 9.11. The Balaban J connectivity index is 2.06. The molecule has 1 atom stereocenters. The first kappa shape index (κ1) is 13.4. The second kappa shape index (κ2) is 5.75. The van der Waals surface area contributed by atoms with E-state index in [0.29, 0.717) is 6.61 Å². The Hall–Kier alpha value is -2.01. The van der Waals surface area contributed by atoms with Gasteiger partial charge in [-0.3, -0.25) is 0 Å². The molecule has 1 aromatic heterocycles. The maximum Gasteiger partial charge on any atom is 0.146 e. The summed E-state index contributed by atoms with van der Waals surface area (Å²) >= 11 is 0. The van der Waals surface area contributed by atoms with E-state index in [1.807, 2.05) is 42.8 Å². The number of rotatable bonds is 5. The van der Waals surface area contributed by atoms with E-state index in [-0.39, 0.29) is 6.04 Å². The van der Waals surface area contributed by atoms with Gasteiger partial charge in [0.1, 0.15) is 23.9 Å². The highest BCUT2D eigenvalue weighted by Gasteiger charge is 2.10. The molecule has 19 heavy (non-hydrogen) atoms. The van der Waals surface area contributed by atoms with E-state index in [4.69, 9.17) is 15.2 Å². The molecule has 2 rings (SSSR count). The lowest BCUT2D eigenvalue weighted by molar-refractivity contribution is 0.289. The van der Waals surface area contributed by atoms with Crippen LogP contribution in [0.2, 0.25) is 0 Å². The molecule has 1 aromatic carbocycles.